The van der Waals surface area contributed by atoms with Gasteiger partial charge in [0.2, 0.25) is 0 Å². The van der Waals surface area contributed by atoms with Crippen LogP contribution in [0.3, 0.4) is 0 Å². The Bertz CT molecular complexity index is 137. The lowest BCUT2D eigenvalue weighted by Crippen LogP contribution is -2.11. The third-order valence-corrected chi connectivity index (χ3v) is 2.09. The summed E-state index contributed by atoms with van der Waals surface area (Å²) in [4.78, 5) is 0. The second-order valence-electron chi connectivity index (χ2n) is 3.61. The van der Waals surface area contributed by atoms with E-state index in [0.717, 1.165) is 19.6 Å². The summed E-state index contributed by atoms with van der Waals surface area (Å²) in [5.41, 5.74) is 0. The highest BCUT2D eigenvalue weighted by molar-refractivity contribution is 4.66. The summed E-state index contributed by atoms with van der Waals surface area (Å²) in [5, 5.41) is 0. The van der Waals surface area contributed by atoms with Crippen molar-refractivity contribution in [1.29, 1.82) is 0 Å². The van der Waals surface area contributed by atoms with Crippen LogP contribution in [0.15, 0.2) is 0 Å². The maximum Gasteiger partial charge on any atom is 0.104 e. The Kier molecular flexibility index (Phi) is 7.83. The van der Waals surface area contributed by atoms with Crippen LogP contribution in [0, 0.1) is 0 Å². The van der Waals surface area contributed by atoms with Crippen molar-refractivity contribution in [2.45, 2.75) is 25.9 Å². The molecule has 0 aromatic rings. The van der Waals surface area contributed by atoms with Crippen molar-refractivity contribution in [2.24, 2.45) is 0 Å². The first-order chi connectivity index (χ1) is 7.43. The number of ether oxygens (including phenoxy) is 4. The quantitative estimate of drug-likeness (QED) is 0.386. The van der Waals surface area contributed by atoms with E-state index < -0.39 is 0 Å². The Morgan fingerprint density at radius 1 is 1.00 bits per heavy atom. The predicted octanol–water partition coefficient (Wildman–Crippen LogP) is 1.24. The molecule has 1 aliphatic rings. The van der Waals surface area contributed by atoms with Gasteiger partial charge in [-0.3, -0.25) is 0 Å². The van der Waals surface area contributed by atoms with Crippen molar-refractivity contribution in [3.05, 3.63) is 0 Å². The molecular formula is C11H22O4. The molecule has 1 atom stereocenters. The SMILES string of the molecule is CCCCOCCOCCOCC1CO1. The summed E-state index contributed by atoms with van der Waals surface area (Å²) in [6, 6.07) is 0. The van der Waals surface area contributed by atoms with Crippen LogP contribution in [0.1, 0.15) is 19.8 Å². The van der Waals surface area contributed by atoms with E-state index in [4.69, 9.17) is 18.9 Å². The number of epoxide rings is 1. The van der Waals surface area contributed by atoms with Crippen LogP contribution in [0.4, 0.5) is 0 Å². The molecule has 1 fully saturated rings. The van der Waals surface area contributed by atoms with Gasteiger partial charge in [0.15, 0.2) is 0 Å². The fourth-order valence-electron chi connectivity index (χ4n) is 1.07. The maximum atomic E-state index is 5.34. The van der Waals surface area contributed by atoms with Gasteiger partial charge in [-0.2, -0.15) is 0 Å². The van der Waals surface area contributed by atoms with Crippen molar-refractivity contribution in [3.63, 3.8) is 0 Å². The zero-order chi connectivity index (χ0) is 10.8. The summed E-state index contributed by atoms with van der Waals surface area (Å²) in [7, 11) is 0. The van der Waals surface area contributed by atoms with Crippen LogP contribution in [-0.2, 0) is 18.9 Å². The van der Waals surface area contributed by atoms with Gasteiger partial charge >= 0.3 is 0 Å². The summed E-state index contributed by atoms with van der Waals surface area (Å²) in [5.74, 6) is 0. The highest BCUT2D eigenvalue weighted by Gasteiger charge is 2.21. The molecule has 0 aromatic carbocycles. The zero-order valence-corrected chi connectivity index (χ0v) is 9.57. The smallest absolute Gasteiger partial charge is 0.104 e. The predicted molar refractivity (Wildman–Crippen MR) is 57.1 cm³/mol. The van der Waals surface area contributed by atoms with E-state index in [-0.39, 0.29) is 0 Å². The van der Waals surface area contributed by atoms with E-state index >= 15 is 0 Å². The number of hydrogen-bond donors (Lipinski definition) is 0. The molecule has 1 heterocycles. The third kappa shape index (κ3) is 8.81. The van der Waals surface area contributed by atoms with Crippen LogP contribution in [0.25, 0.3) is 0 Å². The molecule has 1 aliphatic heterocycles. The zero-order valence-electron chi connectivity index (χ0n) is 9.57. The Balaban J connectivity index is 1.62. The fourth-order valence-corrected chi connectivity index (χ4v) is 1.07. The molecule has 90 valence electrons. The summed E-state index contributed by atoms with van der Waals surface area (Å²) in [6.45, 7) is 7.19. The monoisotopic (exact) mass is 218 g/mol. The van der Waals surface area contributed by atoms with E-state index in [2.05, 4.69) is 6.92 Å². The van der Waals surface area contributed by atoms with Crippen molar-refractivity contribution in [1.82, 2.24) is 0 Å². The van der Waals surface area contributed by atoms with Crippen molar-refractivity contribution >= 4 is 0 Å². The second kappa shape index (κ2) is 9.09. The van der Waals surface area contributed by atoms with Crippen molar-refractivity contribution in [2.75, 3.05) is 46.2 Å². The minimum atomic E-state index is 0.349. The van der Waals surface area contributed by atoms with Crippen LogP contribution in [0.2, 0.25) is 0 Å². The average molecular weight is 218 g/mol. The van der Waals surface area contributed by atoms with E-state index in [9.17, 15) is 0 Å². The van der Waals surface area contributed by atoms with Crippen LogP contribution in [0.5, 0.6) is 0 Å². The van der Waals surface area contributed by atoms with Crippen molar-refractivity contribution < 1.29 is 18.9 Å². The largest absolute Gasteiger partial charge is 0.379 e. The van der Waals surface area contributed by atoms with Gasteiger partial charge in [0.05, 0.1) is 39.6 Å². The molecule has 1 unspecified atom stereocenters. The van der Waals surface area contributed by atoms with Gasteiger partial charge in [-0.05, 0) is 6.42 Å². The minimum absolute atomic E-state index is 0.349. The molecule has 0 N–H and O–H groups in total. The Morgan fingerprint density at radius 3 is 2.20 bits per heavy atom. The lowest BCUT2D eigenvalue weighted by atomic mass is 10.4. The molecule has 0 spiro atoms. The molecule has 4 nitrogen and oxygen atoms in total. The summed E-state index contributed by atoms with van der Waals surface area (Å²) >= 11 is 0. The lowest BCUT2D eigenvalue weighted by Gasteiger charge is -2.05. The summed E-state index contributed by atoms with van der Waals surface area (Å²) in [6.07, 6.45) is 2.66. The van der Waals surface area contributed by atoms with E-state index in [1.807, 2.05) is 0 Å². The summed E-state index contributed by atoms with van der Waals surface area (Å²) < 4.78 is 21.0. The lowest BCUT2D eigenvalue weighted by molar-refractivity contribution is 0.0114. The maximum absolute atomic E-state index is 5.34. The molecule has 0 radical (unpaired) electrons. The molecule has 0 bridgehead atoms. The third-order valence-electron chi connectivity index (χ3n) is 2.09. The number of rotatable bonds is 11. The molecule has 0 amide bonds. The van der Waals surface area contributed by atoms with E-state index in [1.54, 1.807) is 0 Å². The second-order valence-corrected chi connectivity index (χ2v) is 3.61. The van der Waals surface area contributed by atoms with Gasteiger partial charge < -0.3 is 18.9 Å². The Morgan fingerprint density at radius 2 is 1.60 bits per heavy atom. The van der Waals surface area contributed by atoms with Gasteiger partial charge in [0.1, 0.15) is 6.10 Å². The van der Waals surface area contributed by atoms with Gasteiger partial charge in [-0.25, -0.2) is 0 Å². The first-order valence-electron chi connectivity index (χ1n) is 5.78. The van der Waals surface area contributed by atoms with Gasteiger partial charge in [-0.1, -0.05) is 13.3 Å². The molecule has 0 aliphatic carbocycles. The Hall–Kier alpha value is -0.160. The highest BCUT2D eigenvalue weighted by Crippen LogP contribution is 2.07. The fraction of sp³-hybridized carbons (Fsp3) is 1.00. The number of unbranched alkanes of at least 4 members (excludes halogenated alkanes) is 1. The molecular weight excluding hydrogens is 196 g/mol. The highest BCUT2D eigenvalue weighted by atomic mass is 16.6. The van der Waals surface area contributed by atoms with Crippen LogP contribution < -0.4 is 0 Å². The molecule has 0 saturated carbocycles. The van der Waals surface area contributed by atoms with Gasteiger partial charge in [0, 0.05) is 6.61 Å². The Labute approximate surface area is 91.8 Å². The minimum Gasteiger partial charge on any atom is -0.379 e. The first kappa shape index (κ1) is 12.9. The molecule has 1 rings (SSSR count). The van der Waals surface area contributed by atoms with Crippen LogP contribution in [-0.4, -0.2) is 52.4 Å². The van der Waals surface area contributed by atoms with Crippen LogP contribution >= 0.6 is 0 Å². The molecule has 1 saturated heterocycles. The molecule has 0 aromatic heterocycles. The standard InChI is InChI=1S/C11H22O4/c1-2-3-4-12-5-6-13-7-8-14-9-11-10-15-11/h11H,2-10H2,1H3. The first-order valence-corrected chi connectivity index (χ1v) is 5.78. The number of hydrogen-bond acceptors (Lipinski definition) is 4. The van der Waals surface area contributed by atoms with Crippen molar-refractivity contribution in [3.8, 4) is 0 Å². The van der Waals surface area contributed by atoms with E-state index in [0.29, 0.717) is 39.1 Å². The molecule has 4 heteroatoms. The molecule has 15 heavy (non-hydrogen) atoms. The van der Waals surface area contributed by atoms with E-state index in [1.165, 1.54) is 6.42 Å². The average Bonchev–Trinajstić information content (AvgIpc) is 3.05. The normalized spacial score (nSPS) is 19.4. The topological polar surface area (TPSA) is 40.2 Å². The van der Waals surface area contributed by atoms with Gasteiger partial charge in [0.25, 0.3) is 0 Å². The van der Waals surface area contributed by atoms with Gasteiger partial charge in [-0.15, -0.1) is 0 Å².